The van der Waals surface area contributed by atoms with Crippen molar-refractivity contribution in [3.8, 4) is 0 Å². The third-order valence-electron chi connectivity index (χ3n) is 1.79. The first-order valence-corrected chi connectivity index (χ1v) is 6.10. The lowest BCUT2D eigenvalue weighted by Crippen LogP contribution is -2.09. The number of nitrogens with one attached hydrogen (secondary N) is 1. The molecule has 2 heterocycles. The fourth-order valence-corrected chi connectivity index (χ4v) is 2.39. The van der Waals surface area contributed by atoms with Crippen LogP contribution in [0.5, 0.6) is 0 Å². The van der Waals surface area contributed by atoms with Crippen molar-refractivity contribution in [3.05, 3.63) is 27.7 Å². The molecule has 0 spiro atoms. The predicted octanol–water partition coefficient (Wildman–Crippen LogP) is 1.86. The Hall–Kier alpha value is -1.80. The van der Waals surface area contributed by atoms with Gasteiger partial charge in [-0.3, -0.25) is 10.1 Å². The number of hydrogen-bond donors (Lipinski definition) is 2. The Morgan fingerprint density at radius 3 is 2.59 bits per heavy atom. The van der Waals surface area contributed by atoms with Crippen LogP contribution in [0.4, 0.5) is 5.13 Å². The number of aryl methyl sites for hydroxylation is 1. The van der Waals surface area contributed by atoms with E-state index in [4.69, 9.17) is 5.11 Å². The van der Waals surface area contributed by atoms with Gasteiger partial charge in [0.1, 0.15) is 10.7 Å². The summed E-state index contributed by atoms with van der Waals surface area (Å²) in [7, 11) is 0. The number of carbonyl (C=O) groups is 2. The highest BCUT2D eigenvalue weighted by Gasteiger charge is 2.14. The van der Waals surface area contributed by atoms with Gasteiger partial charge in [0.25, 0.3) is 5.91 Å². The van der Waals surface area contributed by atoms with E-state index in [0.29, 0.717) is 15.8 Å². The van der Waals surface area contributed by atoms with Crippen molar-refractivity contribution in [2.75, 3.05) is 5.32 Å². The normalized spacial score (nSPS) is 10.2. The molecule has 88 valence electrons. The molecular weight excluding hydrogens is 262 g/mol. The second-order valence-electron chi connectivity index (χ2n) is 3.07. The SMILES string of the molecule is Cc1nsc(NC(=O)c2ccc(C(=O)O)s2)n1. The van der Waals surface area contributed by atoms with E-state index in [9.17, 15) is 9.59 Å². The molecule has 2 N–H and O–H groups in total. The van der Waals surface area contributed by atoms with Gasteiger partial charge in [0.05, 0.1) is 4.88 Å². The molecule has 0 bridgehead atoms. The number of rotatable bonds is 3. The maximum absolute atomic E-state index is 11.7. The lowest BCUT2D eigenvalue weighted by atomic mass is 10.4. The molecule has 0 saturated heterocycles. The number of carboxylic acid groups (broad SMARTS) is 1. The fourth-order valence-electron chi connectivity index (χ4n) is 1.08. The Morgan fingerprint density at radius 1 is 1.35 bits per heavy atom. The van der Waals surface area contributed by atoms with Crippen molar-refractivity contribution in [2.24, 2.45) is 0 Å². The lowest BCUT2D eigenvalue weighted by molar-refractivity contribution is 0.0702. The first kappa shape index (κ1) is 11.7. The molecule has 6 nitrogen and oxygen atoms in total. The van der Waals surface area contributed by atoms with E-state index >= 15 is 0 Å². The van der Waals surface area contributed by atoms with Crippen LogP contribution in [0, 0.1) is 6.92 Å². The van der Waals surface area contributed by atoms with Gasteiger partial charge in [-0.1, -0.05) is 0 Å². The van der Waals surface area contributed by atoms with Gasteiger partial charge >= 0.3 is 5.97 Å². The largest absolute Gasteiger partial charge is 0.477 e. The number of carboxylic acids is 1. The van der Waals surface area contributed by atoms with Crippen LogP contribution in [0.2, 0.25) is 0 Å². The van der Waals surface area contributed by atoms with Crippen molar-refractivity contribution < 1.29 is 14.7 Å². The van der Waals surface area contributed by atoms with Crippen LogP contribution in [-0.4, -0.2) is 26.3 Å². The van der Waals surface area contributed by atoms with E-state index in [1.807, 2.05) is 0 Å². The summed E-state index contributed by atoms with van der Waals surface area (Å²) in [4.78, 5) is 26.8. The van der Waals surface area contributed by atoms with Crippen LogP contribution in [0.15, 0.2) is 12.1 Å². The van der Waals surface area contributed by atoms with E-state index in [2.05, 4.69) is 14.7 Å². The highest BCUT2D eigenvalue weighted by Crippen LogP contribution is 2.18. The molecule has 2 aromatic rings. The molecule has 2 rings (SSSR count). The second-order valence-corrected chi connectivity index (χ2v) is 4.91. The minimum atomic E-state index is -1.04. The van der Waals surface area contributed by atoms with Crippen LogP contribution in [0.25, 0.3) is 0 Å². The van der Waals surface area contributed by atoms with Crippen molar-refractivity contribution in [1.82, 2.24) is 9.36 Å². The molecule has 0 aromatic carbocycles. The topological polar surface area (TPSA) is 92.2 Å². The molecule has 0 saturated carbocycles. The van der Waals surface area contributed by atoms with Gasteiger partial charge in [-0.25, -0.2) is 9.78 Å². The zero-order valence-corrected chi connectivity index (χ0v) is 10.3. The number of hydrogen-bond acceptors (Lipinski definition) is 6. The van der Waals surface area contributed by atoms with Crippen molar-refractivity contribution >= 4 is 39.9 Å². The zero-order valence-electron chi connectivity index (χ0n) is 8.63. The van der Waals surface area contributed by atoms with Crippen molar-refractivity contribution in [1.29, 1.82) is 0 Å². The summed E-state index contributed by atoms with van der Waals surface area (Å²) in [5.74, 6) is -0.831. The minimum absolute atomic E-state index is 0.128. The summed E-state index contributed by atoms with van der Waals surface area (Å²) in [6.07, 6.45) is 0. The summed E-state index contributed by atoms with van der Waals surface area (Å²) in [6.45, 7) is 1.72. The number of anilines is 1. The van der Waals surface area contributed by atoms with Gasteiger partial charge in [-0.15, -0.1) is 11.3 Å². The fraction of sp³-hybridized carbons (Fsp3) is 0.111. The summed E-state index contributed by atoms with van der Waals surface area (Å²) < 4.78 is 3.92. The van der Waals surface area contributed by atoms with E-state index < -0.39 is 5.97 Å². The highest BCUT2D eigenvalue weighted by molar-refractivity contribution is 7.16. The molecule has 0 aliphatic rings. The number of carbonyl (C=O) groups excluding carboxylic acids is 1. The predicted molar refractivity (Wildman–Crippen MR) is 63.9 cm³/mol. The van der Waals surface area contributed by atoms with Gasteiger partial charge in [0.15, 0.2) is 0 Å². The number of thiophene rings is 1. The van der Waals surface area contributed by atoms with Crippen LogP contribution in [-0.2, 0) is 0 Å². The maximum atomic E-state index is 11.7. The monoisotopic (exact) mass is 269 g/mol. The van der Waals surface area contributed by atoms with E-state index in [0.717, 1.165) is 22.9 Å². The van der Waals surface area contributed by atoms with Gasteiger partial charge in [-0.2, -0.15) is 4.37 Å². The third kappa shape index (κ3) is 2.66. The van der Waals surface area contributed by atoms with Gasteiger partial charge < -0.3 is 5.11 Å². The van der Waals surface area contributed by atoms with Gasteiger partial charge in [0.2, 0.25) is 5.13 Å². The van der Waals surface area contributed by atoms with E-state index in [1.54, 1.807) is 6.92 Å². The Kier molecular flexibility index (Phi) is 3.16. The Bertz CT molecular complexity index is 576. The van der Waals surface area contributed by atoms with Crippen molar-refractivity contribution in [3.63, 3.8) is 0 Å². The highest BCUT2D eigenvalue weighted by atomic mass is 32.1. The van der Waals surface area contributed by atoms with Gasteiger partial charge in [-0.05, 0) is 19.1 Å². The molecule has 0 radical (unpaired) electrons. The molecule has 0 atom stereocenters. The number of amides is 1. The summed E-state index contributed by atoms with van der Waals surface area (Å²) in [5, 5.41) is 11.7. The lowest BCUT2D eigenvalue weighted by Gasteiger charge is -1.96. The van der Waals surface area contributed by atoms with Crippen molar-refractivity contribution in [2.45, 2.75) is 6.92 Å². The molecule has 0 fully saturated rings. The molecular formula is C9H7N3O3S2. The van der Waals surface area contributed by atoms with Crippen LogP contribution in [0.3, 0.4) is 0 Å². The first-order chi connectivity index (χ1) is 8.06. The molecule has 0 aliphatic heterocycles. The number of aromatic nitrogens is 2. The quantitative estimate of drug-likeness (QED) is 0.887. The van der Waals surface area contributed by atoms with E-state index in [-0.39, 0.29) is 10.8 Å². The molecule has 0 unspecified atom stereocenters. The van der Waals surface area contributed by atoms with Gasteiger partial charge in [0, 0.05) is 11.5 Å². The Labute approximate surface area is 104 Å². The van der Waals surface area contributed by atoms with Crippen LogP contribution < -0.4 is 5.32 Å². The number of aromatic carboxylic acids is 1. The molecule has 0 aliphatic carbocycles. The molecule has 17 heavy (non-hydrogen) atoms. The first-order valence-electron chi connectivity index (χ1n) is 4.51. The summed E-state index contributed by atoms with van der Waals surface area (Å²) in [5.41, 5.74) is 0. The summed E-state index contributed by atoms with van der Waals surface area (Å²) >= 11 is 2.00. The Morgan fingerprint density at radius 2 is 2.06 bits per heavy atom. The maximum Gasteiger partial charge on any atom is 0.345 e. The third-order valence-corrected chi connectivity index (χ3v) is 3.58. The van der Waals surface area contributed by atoms with Crippen LogP contribution in [0.1, 0.15) is 25.2 Å². The van der Waals surface area contributed by atoms with Crippen LogP contribution >= 0.6 is 22.9 Å². The summed E-state index contributed by atoms with van der Waals surface area (Å²) in [6, 6.07) is 2.87. The Balaban J connectivity index is 2.11. The average molecular weight is 269 g/mol. The standard InChI is InChI=1S/C9H7N3O3S2/c1-4-10-9(17-12-4)11-7(13)5-2-3-6(16-5)8(14)15/h2-3H,1H3,(H,14,15)(H,10,11,12,13). The zero-order chi connectivity index (χ0) is 12.4. The molecule has 1 amide bonds. The average Bonchev–Trinajstić information content (AvgIpc) is 2.86. The molecule has 2 aromatic heterocycles. The molecule has 8 heteroatoms. The second kappa shape index (κ2) is 4.60. The minimum Gasteiger partial charge on any atom is -0.477 e. The number of nitrogens with zero attached hydrogens (tertiary/aromatic N) is 2. The van der Waals surface area contributed by atoms with E-state index in [1.165, 1.54) is 12.1 Å². The smallest absolute Gasteiger partial charge is 0.345 e.